The number of benzene rings is 1. The first-order valence-corrected chi connectivity index (χ1v) is 10.2. The third-order valence-corrected chi connectivity index (χ3v) is 6.70. The average molecular weight is 346 g/mol. The fourth-order valence-corrected chi connectivity index (χ4v) is 5.21. The Morgan fingerprint density at radius 3 is 2.70 bits per heavy atom. The highest BCUT2D eigenvalue weighted by Crippen LogP contribution is 2.42. The van der Waals surface area contributed by atoms with Crippen molar-refractivity contribution >= 4 is 29.0 Å². The van der Waals surface area contributed by atoms with Crippen molar-refractivity contribution in [3.63, 3.8) is 0 Å². The molecule has 0 unspecified atom stereocenters. The zero-order chi connectivity index (χ0) is 16.1. The number of nitrogens with one attached hydrogen (secondary N) is 1. The predicted octanol–water partition coefficient (Wildman–Crippen LogP) is 5.10. The zero-order valence-corrected chi connectivity index (χ0v) is 15.1. The minimum absolute atomic E-state index is 0.0596. The van der Waals surface area contributed by atoms with Crippen LogP contribution in [0.2, 0.25) is 0 Å². The van der Waals surface area contributed by atoms with Crippen LogP contribution in [0.15, 0.2) is 46.7 Å². The fourth-order valence-electron chi connectivity index (χ4n) is 3.42. The molecule has 122 valence electrons. The van der Waals surface area contributed by atoms with Crippen LogP contribution in [0.5, 0.6) is 0 Å². The van der Waals surface area contributed by atoms with E-state index in [0.717, 1.165) is 22.8 Å². The van der Waals surface area contributed by atoms with Crippen molar-refractivity contribution < 1.29 is 4.79 Å². The van der Waals surface area contributed by atoms with E-state index in [9.17, 15) is 4.79 Å². The lowest BCUT2D eigenvalue weighted by molar-refractivity contribution is 0.0940. The Labute approximate surface area is 146 Å². The van der Waals surface area contributed by atoms with Crippen molar-refractivity contribution in [1.82, 2.24) is 5.32 Å². The van der Waals surface area contributed by atoms with Gasteiger partial charge in [0.25, 0.3) is 5.91 Å². The lowest BCUT2D eigenvalue weighted by atomic mass is 9.84. The van der Waals surface area contributed by atoms with Gasteiger partial charge in [-0.3, -0.25) is 4.79 Å². The molecule has 0 atom stereocenters. The van der Waals surface area contributed by atoms with E-state index in [1.54, 1.807) is 11.8 Å². The predicted molar refractivity (Wildman–Crippen MR) is 99.6 cm³/mol. The maximum absolute atomic E-state index is 12.7. The third-order valence-electron chi connectivity index (χ3n) is 4.62. The summed E-state index contributed by atoms with van der Waals surface area (Å²) >= 11 is 3.55. The van der Waals surface area contributed by atoms with E-state index >= 15 is 0 Å². The van der Waals surface area contributed by atoms with Crippen LogP contribution in [0.25, 0.3) is 0 Å². The van der Waals surface area contributed by atoms with Gasteiger partial charge in [-0.15, -0.1) is 23.1 Å². The molecular formula is C19H23NOS2. The van der Waals surface area contributed by atoms with Gasteiger partial charge in [0, 0.05) is 21.7 Å². The summed E-state index contributed by atoms with van der Waals surface area (Å²) in [5, 5.41) is 5.37. The Balaban J connectivity index is 1.73. The average Bonchev–Trinajstić information content (AvgIpc) is 3.26. The number of thioether (sulfide) groups is 1. The quantitative estimate of drug-likeness (QED) is 0.738. The van der Waals surface area contributed by atoms with Crippen molar-refractivity contribution in [2.45, 2.75) is 42.9 Å². The van der Waals surface area contributed by atoms with Crippen molar-refractivity contribution in [2.24, 2.45) is 0 Å². The first-order chi connectivity index (χ1) is 11.2. The number of rotatable bonds is 6. The Morgan fingerprint density at radius 2 is 2.00 bits per heavy atom. The van der Waals surface area contributed by atoms with Gasteiger partial charge < -0.3 is 5.32 Å². The van der Waals surface area contributed by atoms with Gasteiger partial charge in [-0.25, -0.2) is 0 Å². The second-order valence-electron chi connectivity index (χ2n) is 6.08. The summed E-state index contributed by atoms with van der Waals surface area (Å²) in [6.07, 6.45) is 4.88. The van der Waals surface area contributed by atoms with E-state index in [4.69, 9.17) is 0 Å². The molecule has 2 aromatic rings. The molecule has 1 fully saturated rings. The minimum Gasteiger partial charge on any atom is -0.351 e. The summed E-state index contributed by atoms with van der Waals surface area (Å²) < 4.78 is 0. The second kappa shape index (κ2) is 7.54. The van der Waals surface area contributed by atoms with Gasteiger partial charge in [0.2, 0.25) is 0 Å². The van der Waals surface area contributed by atoms with Crippen LogP contribution < -0.4 is 5.32 Å². The molecule has 1 aromatic carbocycles. The van der Waals surface area contributed by atoms with Gasteiger partial charge in [-0.1, -0.05) is 38.0 Å². The van der Waals surface area contributed by atoms with Gasteiger partial charge in [0.05, 0.1) is 5.56 Å². The summed E-state index contributed by atoms with van der Waals surface area (Å²) in [5.41, 5.74) is 0.954. The van der Waals surface area contributed by atoms with Crippen LogP contribution >= 0.6 is 23.1 Å². The molecule has 1 heterocycles. The molecule has 1 aromatic heterocycles. The number of carbonyl (C=O) groups is 1. The molecule has 1 saturated carbocycles. The van der Waals surface area contributed by atoms with Crippen LogP contribution in [0.4, 0.5) is 0 Å². The molecule has 0 radical (unpaired) electrons. The molecule has 0 aliphatic heterocycles. The van der Waals surface area contributed by atoms with Crippen molar-refractivity contribution in [1.29, 1.82) is 0 Å². The number of amides is 1. The topological polar surface area (TPSA) is 29.1 Å². The van der Waals surface area contributed by atoms with Gasteiger partial charge in [-0.05, 0) is 42.2 Å². The van der Waals surface area contributed by atoms with Crippen LogP contribution in [-0.2, 0) is 5.41 Å². The normalized spacial score (nSPS) is 16.4. The van der Waals surface area contributed by atoms with E-state index in [1.807, 2.05) is 35.6 Å². The molecule has 0 saturated heterocycles. The van der Waals surface area contributed by atoms with Crippen LogP contribution in [0.1, 0.15) is 47.8 Å². The monoisotopic (exact) mass is 345 g/mol. The Bertz CT molecular complexity index is 645. The number of carbonyl (C=O) groups excluding carboxylic acids is 1. The molecule has 3 rings (SSSR count). The second-order valence-corrected chi connectivity index (χ2v) is 8.33. The van der Waals surface area contributed by atoms with Gasteiger partial charge in [0.15, 0.2) is 0 Å². The first kappa shape index (κ1) is 16.6. The number of thiophene rings is 1. The van der Waals surface area contributed by atoms with E-state index < -0.39 is 0 Å². The smallest absolute Gasteiger partial charge is 0.252 e. The summed E-state index contributed by atoms with van der Waals surface area (Å²) in [7, 11) is 0. The fraction of sp³-hybridized carbons (Fsp3) is 0.421. The van der Waals surface area contributed by atoms with Crippen molar-refractivity contribution in [2.75, 3.05) is 12.3 Å². The molecule has 4 heteroatoms. The van der Waals surface area contributed by atoms with Crippen LogP contribution in [-0.4, -0.2) is 18.2 Å². The SMILES string of the molecule is CCSc1ccccc1C(=O)NCC1(c2cccs2)CCCC1. The summed E-state index contributed by atoms with van der Waals surface area (Å²) in [4.78, 5) is 15.2. The summed E-state index contributed by atoms with van der Waals surface area (Å²) in [6.45, 7) is 2.86. The van der Waals surface area contributed by atoms with E-state index in [1.165, 1.54) is 30.6 Å². The molecule has 1 aliphatic carbocycles. The molecule has 1 aliphatic rings. The zero-order valence-electron chi connectivity index (χ0n) is 13.5. The van der Waals surface area contributed by atoms with Gasteiger partial charge in [-0.2, -0.15) is 0 Å². The Hall–Kier alpha value is -1.26. The maximum Gasteiger partial charge on any atom is 0.252 e. The van der Waals surface area contributed by atoms with E-state index in [-0.39, 0.29) is 11.3 Å². The summed E-state index contributed by atoms with van der Waals surface area (Å²) in [5.74, 6) is 1.04. The number of hydrogen-bond acceptors (Lipinski definition) is 3. The first-order valence-electron chi connectivity index (χ1n) is 8.29. The van der Waals surface area contributed by atoms with E-state index in [0.29, 0.717) is 0 Å². The summed E-state index contributed by atoms with van der Waals surface area (Å²) in [6, 6.07) is 12.3. The third kappa shape index (κ3) is 3.64. The molecule has 0 spiro atoms. The van der Waals surface area contributed by atoms with Crippen LogP contribution in [0, 0.1) is 0 Å². The molecule has 0 bridgehead atoms. The molecule has 1 amide bonds. The Morgan fingerprint density at radius 1 is 1.22 bits per heavy atom. The van der Waals surface area contributed by atoms with Crippen molar-refractivity contribution in [3.8, 4) is 0 Å². The lowest BCUT2D eigenvalue weighted by Gasteiger charge is -2.28. The van der Waals surface area contributed by atoms with Crippen LogP contribution in [0.3, 0.4) is 0 Å². The van der Waals surface area contributed by atoms with Gasteiger partial charge in [0.1, 0.15) is 0 Å². The van der Waals surface area contributed by atoms with E-state index in [2.05, 4.69) is 29.8 Å². The minimum atomic E-state index is 0.0596. The maximum atomic E-state index is 12.7. The molecular weight excluding hydrogens is 322 g/mol. The highest BCUT2D eigenvalue weighted by molar-refractivity contribution is 7.99. The molecule has 2 nitrogen and oxygen atoms in total. The molecule has 23 heavy (non-hydrogen) atoms. The largest absolute Gasteiger partial charge is 0.351 e. The standard InChI is InChI=1S/C19H23NOS2/c1-2-22-16-9-4-3-8-15(16)18(21)20-14-19(11-5-6-12-19)17-10-7-13-23-17/h3-4,7-10,13H,2,5-6,11-12,14H2,1H3,(H,20,21). The lowest BCUT2D eigenvalue weighted by Crippen LogP contribution is -2.38. The highest BCUT2D eigenvalue weighted by Gasteiger charge is 2.36. The van der Waals surface area contributed by atoms with Crippen molar-refractivity contribution in [3.05, 3.63) is 52.2 Å². The number of hydrogen-bond donors (Lipinski definition) is 1. The molecule has 1 N–H and O–H groups in total. The highest BCUT2D eigenvalue weighted by atomic mass is 32.2. The van der Waals surface area contributed by atoms with Gasteiger partial charge >= 0.3 is 0 Å². The Kier molecular flexibility index (Phi) is 5.44.